The van der Waals surface area contributed by atoms with Crippen LogP contribution in [-0.2, 0) is 0 Å². The molecule has 0 unspecified atom stereocenters. The van der Waals surface area contributed by atoms with Gasteiger partial charge in [-0.15, -0.1) is 0 Å². The average molecular weight is 224 g/mol. The number of aromatic nitrogens is 1. The lowest BCUT2D eigenvalue weighted by molar-refractivity contribution is 0.0682. The van der Waals surface area contributed by atoms with Crippen LogP contribution in [0.3, 0.4) is 0 Å². The molecule has 0 bridgehead atoms. The summed E-state index contributed by atoms with van der Waals surface area (Å²) in [5.41, 5.74) is -2.62. The molecule has 2 N–H and O–H groups in total. The van der Waals surface area contributed by atoms with Gasteiger partial charge in [-0.2, -0.15) is 0 Å². The molecule has 1 rings (SSSR count). The Morgan fingerprint density at radius 3 is 2.57 bits per heavy atom. The van der Waals surface area contributed by atoms with E-state index in [1.807, 2.05) is 0 Å². The first-order chi connectivity index (χ1) is 6.43. The fourth-order valence-electron chi connectivity index (χ4n) is 0.928. The first-order valence-corrected chi connectivity index (χ1v) is 3.75. The second-order valence-corrected chi connectivity index (χ2v) is 2.78. The molecule has 0 saturated carbocycles. The van der Waals surface area contributed by atoms with Crippen molar-refractivity contribution < 1.29 is 18.7 Å². The summed E-state index contributed by atoms with van der Waals surface area (Å²) in [6.07, 6.45) is -3.09. The number of hydrogen-bond donors (Lipinski definition) is 2. The number of nitrogens with one attached hydrogen (secondary N) is 1. The number of aromatic amines is 1. The number of carboxylic acid groups (broad SMARTS) is 1. The fourth-order valence-corrected chi connectivity index (χ4v) is 1.21. The predicted molar refractivity (Wildman–Crippen MR) is 44.0 cm³/mol. The molecule has 1 aromatic rings. The van der Waals surface area contributed by atoms with Crippen LogP contribution in [0.4, 0.5) is 8.78 Å². The van der Waals surface area contributed by atoms with Crippen molar-refractivity contribution in [1.29, 1.82) is 0 Å². The maximum absolute atomic E-state index is 12.3. The molecule has 0 aromatic carbocycles. The molecule has 0 amide bonds. The Bertz CT molecular complexity index is 429. The van der Waals surface area contributed by atoms with E-state index in [4.69, 9.17) is 16.7 Å². The van der Waals surface area contributed by atoms with Gasteiger partial charge in [0.25, 0.3) is 6.43 Å². The number of aromatic carboxylic acids is 1. The topological polar surface area (TPSA) is 70.2 Å². The monoisotopic (exact) mass is 223 g/mol. The number of H-pyrrole nitrogens is 1. The summed E-state index contributed by atoms with van der Waals surface area (Å²) in [6.45, 7) is 0. The molecular weight excluding hydrogens is 220 g/mol. The van der Waals surface area contributed by atoms with Crippen molar-refractivity contribution in [2.24, 2.45) is 0 Å². The van der Waals surface area contributed by atoms with E-state index in [0.717, 1.165) is 6.07 Å². The van der Waals surface area contributed by atoms with Crippen LogP contribution < -0.4 is 5.56 Å². The Balaban J connectivity index is 3.52. The van der Waals surface area contributed by atoms with Crippen LogP contribution in [0, 0.1) is 0 Å². The highest BCUT2D eigenvalue weighted by atomic mass is 35.5. The number of hydrogen-bond acceptors (Lipinski definition) is 2. The quantitative estimate of drug-likeness (QED) is 0.801. The second kappa shape index (κ2) is 3.75. The maximum Gasteiger partial charge on any atom is 0.339 e. The van der Waals surface area contributed by atoms with E-state index >= 15 is 0 Å². The molecule has 76 valence electrons. The minimum absolute atomic E-state index is 0.503. The van der Waals surface area contributed by atoms with Gasteiger partial charge in [-0.25, -0.2) is 13.6 Å². The van der Waals surface area contributed by atoms with Crippen LogP contribution in [0.25, 0.3) is 0 Å². The lowest BCUT2D eigenvalue weighted by Crippen LogP contribution is -2.15. The van der Waals surface area contributed by atoms with Crippen molar-refractivity contribution in [2.75, 3.05) is 0 Å². The van der Waals surface area contributed by atoms with Gasteiger partial charge >= 0.3 is 5.97 Å². The van der Waals surface area contributed by atoms with Gasteiger partial charge in [0, 0.05) is 6.07 Å². The fraction of sp³-hybridized carbons (Fsp3) is 0.143. The van der Waals surface area contributed by atoms with Crippen molar-refractivity contribution in [1.82, 2.24) is 4.98 Å². The summed E-state index contributed by atoms with van der Waals surface area (Å²) in [4.78, 5) is 23.0. The predicted octanol–water partition coefficient (Wildman–Crippen LogP) is 1.66. The van der Waals surface area contributed by atoms with E-state index in [9.17, 15) is 18.4 Å². The second-order valence-electron chi connectivity index (χ2n) is 2.38. The maximum atomic E-state index is 12.3. The Hall–Kier alpha value is -1.43. The third-order valence-corrected chi connectivity index (χ3v) is 1.75. The summed E-state index contributed by atoms with van der Waals surface area (Å²) >= 11 is 5.34. The highest BCUT2D eigenvalue weighted by molar-refractivity contribution is 6.33. The summed E-state index contributed by atoms with van der Waals surface area (Å²) in [5, 5.41) is 8.04. The van der Waals surface area contributed by atoms with Crippen molar-refractivity contribution >= 4 is 17.6 Å². The Morgan fingerprint density at radius 1 is 1.57 bits per heavy atom. The number of halogens is 3. The largest absolute Gasteiger partial charge is 0.478 e. The van der Waals surface area contributed by atoms with Crippen LogP contribution in [-0.4, -0.2) is 16.1 Å². The number of carbonyl (C=O) groups is 1. The van der Waals surface area contributed by atoms with Gasteiger partial charge in [-0.3, -0.25) is 4.79 Å². The first kappa shape index (κ1) is 10.6. The molecule has 1 aromatic heterocycles. The number of pyridine rings is 1. The van der Waals surface area contributed by atoms with E-state index in [1.165, 1.54) is 0 Å². The van der Waals surface area contributed by atoms with Crippen LogP contribution >= 0.6 is 11.6 Å². The molecule has 7 heteroatoms. The van der Waals surface area contributed by atoms with Crippen LogP contribution in [0.1, 0.15) is 22.5 Å². The first-order valence-electron chi connectivity index (χ1n) is 3.37. The van der Waals surface area contributed by atoms with Crippen molar-refractivity contribution in [2.45, 2.75) is 6.43 Å². The summed E-state index contributed by atoms with van der Waals surface area (Å²) in [5.74, 6) is -1.61. The van der Waals surface area contributed by atoms with Gasteiger partial charge in [-0.1, -0.05) is 11.6 Å². The minimum Gasteiger partial charge on any atom is -0.478 e. The number of alkyl halides is 2. The lowest BCUT2D eigenvalue weighted by Gasteiger charge is -2.05. The van der Waals surface area contributed by atoms with Crippen LogP contribution in [0.15, 0.2) is 10.9 Å². The van der Waals surface area contributed by atoms with Gasteiger partial charge in [0.15, 0.2) is 0 Å². The smallest absolute Gasteiger partial charge is 0.339 e. The highest BCUT2D eigenvalue weighted by Gasteiger charge is 2.22. The zero-order chi connectivity index (χ0) is 10.9. The van der Waals surface area contributed by atoms with E-state index < -0.39 is 34.2 Å². The standard InChI is InChI=1S/C7H4ClF2NO3/c8-2-1-3(12)11-5(6(9)10)4(2)7(13)14/h1,6H,(H,11,12)(H,13,14). The molecule has 0 spiro atoms. The Kier molecular flexibility index (Phi) is 2.85. The van der Waals surface area contributed by atoms with Crippen LogP contribution in [0.5, 0.6) is 0 Å². The third-order valence-electron chi connectivity index (χ3n) is 1.46. The van der Waals surface area contributed by atoms with E-state index in [0.29, 0.717) is 0 Å². The lowest BCUT2D eigenvalue weighted by atomic mass is 10.2. The third kappa shape index (κ3) is 1.90. The number of rotatable bonds is 2. The minimum atomic E-state index is -3.09. The molecule has 0 aliphatic carbocycles. The molecule has 1 heterocycles. The van der Waals surface area contributed by atoms with Gasteiger partial charge in [0.2, 0.25) is 5.56 Å². The Morgan fingerprint density at radius 2 is 2.14 bits per heavy atom. The summed E-state index contributed by atoms with van der Waals surface area (Å²) in [7, 11) is 0. The van der Waals surface area contributed by atoms with Crippen molar-refractivity contribution in [3.8, 4) is 0 Å². The number of carboxylic acids is 1. The van der Waals surface area contributed by atoms with E-state index in [1.54, 1.807) is 4.98 Å². The molecule has 0 saturated heterocycles. The van der Waals surface area contributed by atoms with E-state index in [2.05, 4.69) is 0 Å². The normalized spacial score (nSPS) is 10.6. The molecule has 4 nitrogen and oxygen atoms in total. The Labute approximate surface area is 81.1 Å². The van der Waals surface area contributed by atoms with Crippen molar-refractivity contribution in [3.63, 3.8) is 0 Å². The molecule has 0 atom stereocenters. The summed E-state index contributed by atoms with van der Waals surface area (Å²) in [6, 6.07) is 0.733. The molecule has 0 radical (unpaired) electrons. The zero-order valence-corrected chi connectivity index (χ0v) is 7.31. The SMILES string of the molecule is O=C(O)c1c(Cl)cc(=O)[nH]c1C(F)F. The highest BCUT2D eigenvalue weighted by Crippen LogP contribution is 2.24. The molecule has 0 aliphatic rings. The van der Waals surface area contributed by atoms with Gasteiger partial charge in [0.05, 0.1) is 5.02 Å². The average Bonchev–Trinajstić information content (AvgIpc) is 2.01. The van der Waals surface area contributed by atoms with Gasteiger partial charge in [0.1, 0.15) is 11.3 Å². The molecular formula is C7H4ClF2NO3. The molecule has 14 heavy (non-hydrogen) atoms. The van der Waals surface area contributed by atoms with Gasteiger partial charge in [-0.05, 0) is 0 Å². The van der Waals surface area contributed by atoms with E-state index in [-0.39, 0.29) is 0 Å². The van der Waals surface area contributed by atoms with Gasteiger partial charge < -0.3 is 10.1 Å². The van der Waals surface area contributed by atoms with Crippen molar-refractivity contribution in [3.05, 3.63) is 32.7 Å². The van der Waals surface area contributed by atoms with Crippen LogP contribution in [0.2, 0.25) is 5.02 Å². The molecule has 0 aliphatic heterocycles. The zero-order valence-electron chi connectivity index (χ0n) is 6.55. The molecule has 0 fully saturated rings. The summed E-state index contributed by atoms with van der Waals surface area (Å²) < 4.78 is 24.5.